The lowest BCUT2D eigenvalue weighted by Gasteiger charge is -2.08. The van der Waals surface area contributed by atoms with Crippen LogP contribution in [0.4, 0.5) is 0 Å². The summed E-state index contributed by atoms with van der Waals surface area (Å²) in [7, 11) is 0. The second kappa shape index (κ2) is 11.3. The second-order valence-corrected chi connectivity index (χ2v) is 5.12. The van der Waals surface area contributed by atoms with E-state index in [4.69, 9.17) is 5.11 Å². The van der Waals surface area contributed by atoms with Crippen LogP contribution in [-0.4, -0.2) is 36.3 Å². The number of hydrogen-bond acceptors (Lipinski definition) is 3. The van der Waals surface area contributed by atoms with Crippen molar-refractivity contribution in [1.29, 1.82) is 0 Å². The van der Waals surface area contributed by atoms with Gasteiger partial charge in [-0.05, 0) is 49.8 Å². The average molecular weight is 219 g/mol. The summed E-state index contributed by atoms with van der Waals surface area (Å²) in [6, 6.07) is 0. The molecule has 0 rings (SSSR count). The van der Waals surface area contributed by atoms with Crippen LogP contribution in [-0.2, 0) is 0 Å². The van der Waals surface area contributed by atoms with Crippen molar-refractivity contribution in [2.75, 3.05) is 31.2 Å². The maximum Gasteiger partial charge on any atom is 0.0456 e. The largest absolute Gasteiger partial charge is 0.396 e. The maximum atomic E-state index is 8.81. The third-order valence-corrected chi connectivity index (χ3v) is 3.19. The number of aliphatic hydroxyl groups excluding tert-OH is 1. The zero-order valence-electron chi connectivity index (χ0n) is 9.59. The summed E-state index contributed by atoms with van der Waals surface area (Å²) in [4.78, 5) is 0. The van der Waals surface area contributed by atoms with E-state index in [2.05, 4.69) is 19.2 Å². The van der Waals surface area contributed by atoms with Gasteiger partial charge in [0.25, 0.3) is 0 Å². The third kappa shape index (κ3) is 10.4. The molecule has 2 N–H and O–H groups in total. The van der Waals surface area contributed by atoms with Gasteiger partial charge >= 0.3 is 0 Å². The van der Waals surface area contributed by atoms with Gasteiger partial charge < -0.3 is 10.4 Å². The monoisotopic (exact) mass is 219 g/mol. The Bertz CT molecular complexity index is 111. The van der Waals surface area contributed by atoms with Crippen LogP contribution in [0.25, 0.3) is 0 Å². The molecule has 0 fully saturated rings. The lowest BCUT2D eigenvalue weighted by molar-refractivity contribution is 0.228. The number of thioether (sulfide) groups is 1. The predicted octanol–water partition coefficient (Wildman–Crippen LogP) is 2.13. The van der Waals surface area contributed by atoms with Crippen molar-refractivity contribution in [3.05, 3.63) is 0 Å². The van der Waals surface area contributed by atoms with Crippen LogP contribution < -0.4 is 5.32 Å². The first-order valence-corrected chi connectivity index (χ1v) is 6.86. The molecule has 1 unspecified atom stereocenters. The van der Waals surface area contributed by atoms with E-state index in [9.17, 15) is 0 Å². The first-order chi connectivity index (χ1) is 6.81. The molecule has 14 heavy (non-hydrogen) atoms. The van der Waals surface area contributed by atoms with Crippen molar-refractivity contribution in [1.82, 2.24) is 5.32 Å². The standard InChI is InChI=1S/C11H25NOS/c1-3-14-9-5-8-12-7-4-6-11(2)10-13/h11-13H,3-10H2,1-2H3. The lowest BCUT2D eigenvalue weighted by atomic mass is 10.1. The fraction of sp³-hybridized carbons (Fsp3) is 1.00. The first-order valence-electron chi connectivity index (χ1n) is 5.70. The Morgan fingerprint density at radius 2 is 2.00 bits per heavy atom. The molecule has 0 bridgehead atoms. The maximum absolute atomic E-state index is 8.81. The van der Waals surface area contributed by atoms with Crippen LogP contribution in [0.3, 0.4) is 0 Å². The zero-order valence-corrected chi connectivity index (χ0v) is 10.4. The zero-order chi connectivity index (χ0) is 10.6. The van der Waals surface area contributed by atoms with E-state index >= 15 is 0 Å². The molecule has 0 aliphatic carbocycles. The van der Waals surface area contributed by atoms with E-state index in [0.29, 0.717) is 12.5 Å². The molecule has 1 atom stereocenters. The van der Waals surface area contributed by atoms with Crippen LogP contribution in [0.5, 0.6) is 0 Å². The van der Waals surface area contributed by atoms with Crippen molar-refractivity contribution in [3.8, 4) is 0 Å². The van der Waals surface area contributed by atoms with E-state index in [1.54, 1.807) is 0 Å². The number of nitrogens with one attached hydrogen (secondary N) is 1. The van der Waals surface area contributed by atoms with E-state index in [0.717, 1.165) is 19.5 Å². The van der Waals surface area contributed by atoms with Gasteiger partial charge in [0, 0.05) is 6.61 Å². The molecule has 0 spiro atoms. The Hall–Kier alpha value is 0.270. The van der Waals surface area contributed by atoms with Gasteiger partial charge in [-0.3, -0.25) is 0 Å². The van der Waals surface area contributed by atoms with Crippen LogP contribution in [0.1, 0.15) is 33.1 Å². The van der Waals surface area contributed by atoms with Crippen LogP contribution in [0.15, 0.2) is 0 Å². The highest BCUT2D eigenvalue weighted by Crippen LogP contribution is 2.03. The van der Waals surface area contributed by atoms with Crippen molar-refractivity contribution >= 4 is 11.8 Å². The molecule has 0 aromatic heterocycles. The van der Waals surface area contributed by atoms with Gasteiger partial charge in [0.2, 0.25) is 0 Å². The molecule has 0 aliphatic heterocycles. The SMILES string of the molecule is CCSCCCNCCCC(C)CO. The van der Waals surface area contributed by atoms with Crippen LogP contribution in [0, 0.1) is 5.92 Å². The normalized spacial score (nSPS) is 13.1. The highest BCUT2D eigenvalue weighted by atomic mass is 32.2. The van der Waals surface area contributed by atoms with E-state index in [1.807, 2.05) is 11.8 Å². The molecule has 0 radical (unpaired) electrons. The van der Waals surface area contributed by atoms with Crippen molar-refractivity contribution in [2.24, 2.45) is 5.92 Å². The third-order valence-electron chi connectivity index (χ3n) is 2.21. The molecule has 0 aromatic rings. The average Bonchev–Trinajstić information content (AvgIpc) is 2.21. The summed E-state index contributed by atoms with van der Waals surface area (Å²) in [6.45, 7) is 6.86. The second-order valence-electron chi connectivity index (χ2n) is 3.73. The highest BCUT2D eigenvalue weighted by molar-refractivity contribution is 7.99. The molecular weight excluding hydrogens is 194 g/mol. The molecule has 0 amide bonds. The summed E-state index contributed by atoms with van der Waals surface area (Å²) < 4.78 is 0. The lowest BCUT2D eigenvalue weighted by Crippen LogP contribution is -2.18. The summed E-state index contributed by atoms with van der Waals surface area (Å²) in [5.41, 5.74) is 0. The number of rotatable bonds is 10. The van der Waals surface area contributed by atoms with E-state index in [1.165, 1.54) is 24.3 Å². The Morgan fingerprint density at radius 3 is 2.64 bits per heavy atom. The van der Waals surface area contributed by atoms with Gasteiger partial charge in [0.15, 0.2) is 0 Å². The quantitative estimate of drug-likeness (QED) is 0.552. The van der Waals surface area contributed by atoms with Crippen molar-refractivity contribution < 1.29 is 5.11 Å². The van der Waals surface area contributed by atoms with Crippen LogP contribution in [0.2, 0.25) is 0 Å². The Labute approximate surface area is 92.9 Å². The van der Waals surface area contributed by atoms with Gasteiger partial charge in [-0.15, -0.1) is 0 Å². The number of aliphatic hydroxyl groups is 1. The number of hydrogen-bond donors (Lipinski definition) is 2. The van der Waals surface area contributed by atoms with E-state index in [-0.39, 0.29) is 0 Å². The topological polar surface area (TPSA) is 32.3 Å². The van der Waals surface area contributed by atoms with Crippen molar-refractivity contribution in [3.63, 3.8) is 0 Å². The molecule has 0 aromatic carbocycles. The van der Waals surface area contributed by atoms with Gasteiger partial charge in [0.1, 0.15) is 0 Å². The predicted molar refractivity (Wildman–Crippen MR) is 66.0 cm³/mol. The molecule has 0 aliphatic rings. The fourth-order valence-electron chi connectivity index (χ4n) is 1.24. The summed E-state index contributed by atoms with van der Waals surface area (Å²) in [6.07, 6.45) is 3.59. The Balaban J connectivity index is 2.92. The molecule has 0 saturated heterocycles. The fourth-order valence-corrected chi connectivity index (χ4v) is 1.87. The van der Waals surface area contributed by atoms with Gasteiger partial charge in [-0.1, -0.05) is 13.8 Å². The molecule has 0 saturated carbocycles. The minimum atomic E-state index is 0.327. The molecular formula is C11H25NOS. The first kappa shape index (κ1) is 14.3. The minimum Gasteiger partial charge on any atom is -0.396 e. The highest BCUT2D eigenvalue weighted by Gasteiger charge is 1.98. The molecule has 2 nitrogen and oxygen atoms in total. The summed E-state index contributed by atoms with van der Waals surface area (Å²) in [5, 5.41) is 12.2. The molecule has 86 valence electrons. The van der Waals surface area contributed by atoms with Gasteiger partial charge in [0.05, 0.1) is 0 Å². The Kier molecular flexibility index (Phi) is 11.6. The summed E-state index contributed by atoms with van der Waals surface area (Å²) >= 11 is 2.01. The van der Waals surface area contributed by atoms with Gasteiger partial charge in [-0.25, -0.2) is 0 Å². The Morgan fingerprint density at radius 1 is 1.29 bits per heavy atom. The summed E-state index contributed by atoms with van der Waals surface area (Å²) in [5.74, 6) is 2.97. The van der Waals surface area contributed by atoms with Crippen molar-refractivity contribution in [2.45, 2.75) is 33.1 Å². The van der Waals surface area contributed by atoms with Crippen LogP contribution >= 0.6 is 11.8 Å². The minimum absolute atomic E-state index is 0.327. The van der Waals surface area contributed by atoms with E-state index < -0.39 is 0 Å². The molecule has 0 heterocycles. The molecule has 3 heteroatoms. The van der Waals surface area contributed by atoms with Gasteiger partial charge in [-0.2, -0.15) is 11.8 Å². The smallest absolute Gasteiger partial charge is 0.0456 e.